The zero-order valence-electron chi connectivity index (χ0n) is 14.7. The van der Waals surface area contributed by atoms with Crippen LogP contribution in [0.3, 0.4) is 0 Å². The van der Waals surface area contributed by atoms with E-state index in [9.17, 15) is 4.79 Å². The Kier molecular flexibility index (Phi) is 4.97. The van der Waals surface area contributed by atoms with Crippen LogP contribution in [-0.4, -0.2) is 16.2 Å². The summed E-state index contributed by atoms with van der Waals surface area (Å²) in [6.07, 6.45) is 2.53. The Hall–Kier alpha value is -2.89. The molecule has 1 atom stereocenters. The van der Waals surface area contributed by atoms with Crippen LogP contribution in [0, 0.1) is 13.8 Å². The molecule has 2 amide bonds. The molecule has 0 saturated carbocycles. The minimum Gasteiger partial charge on any atom is -0.361 e. The zero-order chi connectivity index (χ0) is 17.8. The van der Waals surface area contributed by atoms with Crippen molar-refractivity contribution in [2.75, 3.05) is 0 Å². The van der Waals surface area contributed by atoms with E-state index in [-0.39, 0.29) is 12.1 Å². The molecular formula is C19H22N4O2. The lowest BCUT2D eigenvalue weighted by Gasteiger charge is -2.17. The molecular weight excluding hydrogens is 316 g/mol. The quantitative estimate of drug-likeness (QED) is 0.742. The maximum atomic E-state index is 12.3. The van der Waals surface area contributed by atoms with Crippen LogP contribution in [0.25, 0.3) is 10.9 Å². The third-order valence-corrected chi connectivity index (χ3v) is 4.27. The van der Waals surface area contributed by atoms with Crippen LogP contribution < -0.4 is 10.6 Å². The molecule has 0 unspecified atom stereocenters. The second kappa shape index (κ2) is 7.34. The van der Waals surface area contributed by atoms with Crippen molar-refractivity contribution in [3.63, 3.8) is 0 Å². The van der Waals surface area contributed by atoms with E-state index in [0.717, 1.165) is 39.9 Å². The van der Waals surface area contributed by atoms with Gasteiger partial charge in [-0.15, -0.1) is 0 Å². The predicted octanol–water partition coefficient (Wildman–Crippen LogP) is 3.79. The lowest BCUT2D eigenvalue weighted by molar-refractivity contribution is 0.236. The molecule has 2 heterocycles. The van der Waals surface area contributed by atoms with E-state index < -0.39 is 0 Å². The van der Waals surface area contributed by atoms with Crippen molar-refractivity contribution < 1.29 is 9.32 Å². The number of amides is 2. The Bertz CT molecular complexity index is 869. The molecule has 3 aromatic rings. The van der Waals surface area contributed by atoms with Crippen molar-refractivity contribution in [1.82, 2.24) is 20.8 Å². The predicted molar refractivity (Wildman–Crippen MR) is 96.1 cm³/mol. The van der Waals surface area contributed by atoms with Gasteiger partial charge in [-0.2, -0.15) is 0 Å². The molecule has 0 bridgehead atoms. The average molecular weight is 338 g/mol. The second-order valence-electron chi connectivity index (χ2n) is 6.06. The first kappa shape index (κ1) is 17.0. The van der Waals surface area contributed by atoms with Crippen molar-refractivity contribution in [2.45, 2.75) is 39.8 Å². The van der Waals surface area contributed by atoms with Gasteiger partial charge < -0.3 is 15.2 Å². The number of urea groups is 1. The van der Waals surface area contributed by atoms with Gasteiger partial charge in [0.1, 0.15) is 5.76 Å². The van der Waals surface area contributed by atoms with Crippen LogP contribution in [0.15, 0.2) is 41.1 Å². The molecule has 0 aliphatic carbocycles. The van der Waals surface area contributed by atoms with E-state index in [0.29, 0.717) is 6.54 Å². The van der Waals surface area contributed by atoms with Gasteiger partial charge in [-0.1, -0.05) is 24.2 Å². The maximum Gasteiger partial charge on any atom is 0.315 e. The zero-order valence-corrected chi connectivity index (χ0v) is 14.7. The molecule has 6 heteroatoms. The van der Waals surface area contributed by atoms with Crippen molar-refractivity contribution in [2.24, 2.45) is 0 Å². The average Bonchev–Trinajstić information content (AvgIpc) is 2.96. The first-order valence-corrected chi connectivity index (χ1v) is 8.39. The molecule has 130 valence electrons. The molecule has 25 heavy (non-hydrogen) atoms. The summed E-state index contributed by atoms with van der Waals surface area (Å²) in [6, 6.07) is 9.56. The molecule has 6 nitrogen and oxygen atoms in total. The van der Waals surface area contributed by atoms with E-state index in [2.05, 4.69) is 20.8 Å². The summed E-state index contributed by atoms with van der Waals surface area (Å²) in [5.74, 6) is 0.742. The fourth-order valence-corrected chi connectivity index (χ4v) is 2.99. The summed E-state index contributed by atoms with van der Waals surface area (Å²) in [6.45, 7) is 6.22. The number of hydrogen-bond acceptors (Lipinski definition) is 4. The first-order chi connectivity index (χ1) is 12.1. The maximum absolute atomic E-state index is 12.3. The molecule has 0 spiro atoms. The number of nitrogens with one attached hydrogen (secondary N) is 2. The highest BCUT2D eigenvalue weighted by Gasteiger charge is 2.20. The highest BCUT2D eigenvalue weighted by Crippen LogP contribution is 2.23. The molecule has 0 radical (unpaired) electrons. The summed E-state index contributed by atoms with van der Waals surface area (Å²) in [5, 5.41) is 10.9. The minimum atomic E-state index is -0.210. The lowest BCUT2D eigenvalue weighted by Crippen LogP contribution is -2.37. The number of benzene rings is 1. The smallest absolute Gasteiger partial charge is 0.315 e. The van der Waals surface area contributed by atoms with Gasteiger partial charge in [-0.25, -0.2) is 4.79 Å². The van der Waals surface area contributed by atoms with Gasteiger partial charge in [0.25, 0.3) is 0 Å². The monoisotopic (exact) mass is 338 g/mol. The number of nitrogens with zero attached hydrogens (tertiary/aromatic N) is 2. The largest absolute Gasteiger partial charge is 0.361 e. The SMILES string of the molecule is CC[C@@H](NC(=O)NCc1ccc2ncccc2c1)c1c(C)noc1C. The fourth-order valence-electron chi connectivity index (χ4n) is 2.99. The number of rotatable bonds is 5. The number of carbonyl (C=O) groups is 1. The molecule has 0 aliphatic rings. The molecule has 2 aromatic heterocycles. The van der Waals surface area contributed by atoms with E-state index >= 15 is 0 Å². The molecule has 0 saturated heterocycles. The van der Waals surface area contributed by atoms with Crippen molar-refractivity contribution in [1.29, 1.82) is 0 Å². The molecule has 0 fully saturated rings. The summed E-state index contributed by atoms with van der Waals surface area (Å²) in [7, 11) is 0. The van der Waals surface area contributed by atoms with E-state index in [1.807, 2.05) is 51.1 Å². The second-order valence-corrected chi connectivity index (χ2v) is 6.06. The standard InChI is InChI=1S/C19H22N4O2/c1-4-16(18-12(2)23-25-13(18)3)22-19(24)21-11-14-7-8-17-15(10-14)6-5-9-20-17/h5-10,16H,4,11H2,1-3H3,(H2,21,22,24)/t16-/m1/s1. The summed E-state index contributed by atoms with van der Waals surface area (Å²) >= 11 is 0. The van der Waals surface area contributed by atoms with Crippen LogP contribution >= 0.6 is 0 Å². The van der Waals surface area contributed by atoms with Gasteiger partial charge in [-0.05, 0) is 44.0 Å². The fraction of sp³-hybridized carbons (Fsp3) is 0.316. The number of carbonyl (C=O) groups excluding carboxylic acids is 1. The normalized spacial score (nSPS) is 12.1. The summed E-state index contributed by atoms with van der Waals surface area (Å²) in [5.41, 5.74) is 3.74. The van der Waals surface area contributed by atoms with E-state index in [4.69, 9.17) is 4.52 Å². The van der Waals surface area contributed by atoms with Gasteiger partial charge in [0.05, 0.1) is 17.3 Å². The van der Waals surface area contributed by atoms with Gasteiger partial charge in [0, 0.05) is 23.7 Å². The van der Waals surface area contributed by atoms with Crippen LogP contribution in [-0.2, 0) is 6.54 Å². The van der Waals surface area contributed by atoms with E-state index in [1.54, 1.807) is 6.20 Å². The van der Waals surface area contributed by atoms with Gasteiger partial charge >= 0.3 is 6.03 Å². The highest BCUT2D eigenvalue weighted by atomic mass is 16.5. The Balaban J connectivity index is 1.63. The number of fused-ring (bicyclic) bond motifs is 1. The van der Waals surface area contributed by atoms with Crippen molar-refractivity contribution >= 4 is 16.9 Å². The number of hydrogen-bond donors (Lipinski definition) is 2. The summed E-state index contributed by atoms with van der Waals surface area (Å²) < 4.78 is 5.20. The number of pyridine rings is 1. The molecule has 0 aliphatic heterocycles. The molecule has 2 N–H and O–H groups in total. The van der Waals surface area contributed by atoms with Gasteiger partial charge in [0.15, 0.2) is 0 Å². The lowest BCUT2D eigenvalue weighted by atomic mass is 10.0. The first-order valence-electron chi connectivity index (χ1n) is 8.39. The number of aryl methyl sites for hydroxylation is 2. The summed E-state index contributed by atoms with van der Waals surface area (Å²) in [4.78, 5) is 16.6. The van der Waals surface area contributed by atoms with Crippen LogP contribution in [0.5, 0.6) is 0 Å². The molecule has 3 rings (SSSR count). The third kappa shape index (κ3) is 3.79. The van der Waals surface area contributed by atoms with Crippen molar-refractivity contribution in [3.8, 4) is 0 Å². The van der Waals surface area contributed by atoms with Crippen LogP contribution in [0.4, 0.5) is 4.79 Å². The number of aromatic nitrogens is 2. The Morgan fingerprint density at radius 2 is 2.12 bits per heavy atom. The Labute approximate surface area is 146 Å². The Morgan fingerprint density at radius 1 is 1.28 bits per heavy atom. The Morgan fingerprint density at radius 3 is 2.84 bits per heavy atom. The van der Waals surface area contributed by atoms with Crippen LogP contribution in [0.2, 0.25) is 0 Å². The van der Waals surface area contributed by atoms with Gasteiger partial charge in [0.2, 0.25) is 0 Å². The third-order valence-electron chi connectivity index (χ3n) is 4.27. The topological polar surface area (TPSA) is 80.0 Å². The minimum absolute atomic E-state index is 0.118. The van der Waals surface area contributed by atoms with E-state index in [1.165, 1.54) is 0 Å². The van der Waals surface area contributed by atoms with Crippen LogP contribution in [0.1, 0.15) is 42.0 Å². The molecule has 1 aromatic carbocycles. The van der Waals surface area contributed by atoms with Gasteiger partial charge in [-0.3, -0.25) is 4.98 Å². The van der Waals surface area contributed by atoms with Crippen molar-refractivity contribution in [3.05, 3.63) is 59.1 Å². The highest BCUT2D eigenvalue weighted by molar-refractivity contribution is 5.79.